The molecule has 3 heteroatoms. The Kier molecular flexibility index (Phi) is 2.86. The van der Waals surface area contributed by atoms with E-state index in [4.69, 9.17) is 16.6 Å². The highest BCUT2D eigenvalue weighted by atomic mass is 35.5. The summed E-state index contributed by atoms with van der Waals surface area (Å²) < 4.78 is 1.22. The SMILES string of the molecule is Clc1c(C2=NCCc3ccccc32)sc2ccccc12. The van der Waals surface area contributed by atoms with Crippen molar-refractivity contribution in [1.29, 1.82) is 0 Å². The van der Waals surface area contributed by atoms with E-state index < -0.39 is 0 Å². The van der Waals surface area contributed by atoms with Gasteiger partial charge in [-0.05, 0) is 18.1 Å². The average molecular weight is 298 g/mol. The second kappa shape index (κ2) is 4.72. The van der Waals surface area contributed by atoms with Crippen molar-refractivity contribution >= 4 is 38.7 Å². The second-order valence-corrected chi connectivity index (χ2v) is 6.31. The van der Waals surface area contributed by atoms with Crippen molar-refractivity contribution < 1.29 is 0 Å². The molecule has 0 fully saturated rings. The lowest BCUT2D eigenvalue weighted by Crippen LogP contribution is -2.13. The molecule has 0 saturated heterocycles. The van der Waals surface area contributed by atoms with Crippen LogP contribution in [0.15, 0.2) is 53.5 Å². The molecule has 0 atom stereocenters. The quantitative estimate of drug-likeness (QED) is 0.603. The van der Waals surface area contributed by atoms with E-state index in [1.54, 1.807) is 11.3 Å². The normalized spacial score (nSPS) is 14.2. The van der Waals surface area contributed by atoms with Crippen molar-refractivity contribution in [1.82, 2.24) is 0 Å². The number of fused-ring (bicyclic) bond motifs is 2. The van der Waals surface area contributed by atoms with Gasteiger partial charge < -0.3 is 0 Å². The first-order chi connectivity index (χ1) is 9.84. The van der Waals surface area contributed by atoms with Gasteiger partial charge >= 0.3 is 0 Å². The molecule has 0 N–H and O–H groups in total. The maximum atomic E-state index is 6.59. The molecule has 0 saturated carbocycles. The number of thiophene rings is 1. The largest absolute Gasteiger partial charge is 0.283 e. The second-order valence-electron chi connectivity index (χ2n) is 4.88. The van der Waals surface area contributed by atoms with Gasteiger partial charge in [-0.15, -0.1) is 11.3 Å². The smallest absolute Gasteiger partial charge is 0.0837 e. The summed E-state index contributed by atoms with van der Waals surface area (Å²) >= 11 is 8.32. The Morgan fingerprint density at radius 2 is 1.80 bits per heavy atom. The van der Waals surface area contributed by atoms with Gasteiger partial charge in [-0.1, -0.05) is 54.1 Å². The monoisotopic (exact) mass is 297 g/mol. The predicted octanol–water partition coefficient (Wildman–Crippen LogP) is 4.95. The van der Waals surface area contributed by atoms with E-state index in [2.05, 4.69) is 42.5 Å². The Hall–Kier alpha value is -1.64. The van der Waals surface area contributed by atoms with Crippen LogP contribution in [0, 0.1) is 0 Å². The molecule has 0 spiro atoms. The lowest BCUT2D eigenvalue weighted by atomic mass is 9.97. The molecule has 98 valence electrons. The molecule has 4 rings (SSSR count). The minimum absolute atomic E-state index is 0.834. The Balaban J connectivity index is 1.96. The van der Waals surface area contributed by atoms with Crippen LogP contribution in [0.2, 0.25) is 5.02 Å². The molecular formula is C17H12ClNS. The van der Waals surface area contributed by atoms with Gasteiger partial charge in [0, 0.05) is 22.2 Å². The third kappa shape index (κ3) is 1.80. The van der Waals surface area contributed by atoms with Crippen molar-refractivity contribution in [3.05, 3.63) is 69.6 Å². The zero-order chi connectivity index (χ0) is 13.5. The molecule has 0 aliphatic carbocycles. The van der Waals surface area contributed by atoms with Crippen molar-refractivity contribution in [3.63, 3.8) is 0 Å². The predicted molar refractivity (Wildman–Crippen MR) is 87.5 cm³/mol. The topological polar surface area (TPSA) is 12.4 Å². The molecule has 1 aromatic heterocycles. The van der Waals surface area contributed by atoms with Crippen LogP contribution in [-0.4, -0.2) is 12.3 Å². The number of halogens is 1. The zero-order valence-electron chi connectivity index (χ0n) is 10.8. The van der Waals surface area contributed by atoms with Crippen LogP contribution in [0.25, 0.3) is 10.1 Å². The first-order valence-electron chi connectivity index (χ1n) is 6.65. The molecule has 20 heavy (non-hydrogen) atoms. The molecular weight excluding hydrogens is 286 g/mol. The molecule has 2 heterocycles. The van der Waals surface area contributed by atoms with E-state index >= 15 is 0 Å². The minimum atomic E-state index is 0.834. The third-order valence-electron chi connectivity index (χ3n) is 3.67. The lowest BCUT2D eigenvalue weighted by molar-refractivity contribution is 0.945. The fraction of sp³-hybridized carbons (Fsp3) is 0.118. The standard InChI is InChI=1S/C17H12ClNS/c18-15-13-7-3-4-8-14(13)20-17(15)16-12-6-2-1-5-11(12)9-10-19-16/h1-8H,9-10H2. The number of rotatable bonds is 1. The summed E-state index contributed by atoms with van der Waals surface area (Å²) in [5.41, 5.74) is 3.65. The van der Waals surface area contributed by atoms with Gasteiger partial charge in [0.25, 0.3) is 0 Å². The average Bonchev–Trinajstić information content (AvgIpc) is 2.84. The molecule has 0 amide bonds. The maximum Gasteiger partial charge on any atom is 0.0837 e. The van der Waals surface area contributed by atoms with E-state index in [0.717, 1.165) is 34.0 Å². The minimum Gasteiger partial charge on any atom is -0.283 e. The Morgan fingerprint density at radius 3 is 2.70 bits per heavy atom. The number of aliphatic imine (C=N–C) groups is 1. The zero-order valence-corrected chi connectivity index (χ0v) is 12.3. The van der Waals surface area contributed by atoms with Gasteiger partial charge in [0.2, 0.25) is 0 Å². The van der Waals surface area contributed by atoms with Crippen molar-refractivity contribution in [2.45, 2.75) is 6.42 Å². The van der Waals surface area contributed by atoms with E-state index in [1.807, 2.05) is 6.07 Å². The molecule has 0 unspecified atom stereocenters. The van der Waals surface area contributed by atoms with E-state index in [-0.39, 0.29) is 0 Å². The number of benzene rings is 2. The summed E-state index contributed by atoms with van der Waals surface area (Å²) in [5.74, 6) is 0. The molecule has 2 aromatic carbocycles. The van der Waals surface area contributed by atoms with E-state index in [1.165, 1.54) is 15.8 Å². The summed E-state index contributed by atoms with van der Waals surface area (Å²) in [6.07, 6.45) is 1.02. The number of hydrogen-bond acceptors (Lipinski definition) is 2. The van der Waals surface area contributed by atoms with Crippen LogP contribution in [0.5, 0.6) is 0 Å². The van der Waals surface area contributed by atoms with Gasteiger partial charge in [-0.3, -0.25) is 4.99 Å². The van der Waals surface area contributed by atoms with Gasteiger partial charge in [0.05, 0.1) is 15.6 Å². The Bertz CT molecular complexity index is 832. The van der Waals surface area contributed by atoms with Gasteiger partial charge in [-0.25, -0.2) is 0 Å². The van der Waals surface area contributed by atoms with E-state index in [9.17, 15) is 0 Å². The van der Waals surface area contributed by atoms with Crippen molar-refractivity contribution in [3.8, 4) is 0 Å². The highest BCUT2D eigenvalue weighted by Crippen LogP contribution is 2.37. The molecule has 1 nitrogen and oxygen atoms in total. The van der Waals surface area contributed by atoms with Crippen LogP contribution in [-0.2, 0) is 6.42 Å². The maximum absolute atomic E-state index is 6.59. The van der Waals surface area contributed by atoms with Crippen LogP contribution in [0.3, 0.4) is 0 Å². The van der Waals surface area contributed by atoms with Gasteiger partial charge in [0.1, 0.15) is 0 Å². The fourth-order valence-electron chi connectivity index (χ4n) is 2.70. The first-order valence-corrected chi connectivity index (χ1v) is 7.84. The molecule has 0 radical (unpaired) electrons. The summed E-state index contributed by atoms with van der Waals surface area (Å²) in [6, 6.07) is 16.8. The number of nitrogens with zero attached hydrogens (tertiary/aromatic N) is 1. The van der Waals surface area contributed by atoms with Crippen LogP contribution in [0.1, 0.15) is 16.0 Å². The fourth-order valence-corrected chi connectivity index (χ4v) is 4.25. The summed E-state index contributed by atoms with van der Waals surface area (Å²) in [5, 5.41) is 1.96. The Labute approximate surface area is 126 Å². The number of hydrogen-bond donors (Lipinski definition) is 0. The van der Waals surface area contributed by atoms with Crippen LogP contribution < -0.4 is 0 Å². The third-order valence-corrected chi connectivity index (χ3v) is 5.36. The lowest BCUT2D eigenvalue weighted by Gasteiger charge is -2.16. The highest BCUT2D eigenvalue weighted by molar-refractivity contribution is 7.21. The summed E-state index contributed by atoms with van der Waals surface area (Å²) in [7, 11) is 0. The summed E-state index contributed by atoms with van der Waals surface area (Å²) in [4.78, 5) is 5.84. The molecule has 1 aliphatic rings. The van der Waals surface area contributed by atoms with Crippen molar-refractivity contribution in [2.75, 3.05) is 6.54 Å². The van der Waals surface area contributed by atoms with Gasteiger partial charge in [-0.2, -0.15) is 0 Å². The Morgan fingerprint density at radius 1 is 1.00 bits per heavy atom. The molecule has 1 aliphatic heterocycles. The molecule has 3 aromatic rings. The highest BCUT2D eigenvalue weighted by Gasteiger charge is 2.20. The summed E-state index contributed by atoms with van der Waals surface area (Å²) in [6.45, 7) is 0.844. The van der Waals surface area contributed by atoms with Gasteiger partial charge in [0.15, 0.2) is 0 Å². The first kappa shape index (κ1) is 12.1. The van der Waals surface area contributed by atoms with E-state index in [0.29, 0.717) is 0 Å². The molecule has 0 bridgehead atoms. The van der Waals surface area contributed by atoms with Crippen LogP contribution >= 0.6 is 22.9 Å². The van der Waals surface area contributed by atoms with Crippen LogP contribution in [0.4, 0.5) is 0 Å². The van der Waals surface area contributed by atoms with Crippen molar-refractivity contribution in [2.24, 2.45) is 4.99 Å².